The molecule has 0 amide bonds. The second kappa shape index (κ2) is 4.73. The highest BCUT2D eigenvalue weighted by Crippen LogP contribution is 2.17. The summed E-state index contributed by atoms with van der Waals surface area (Å²) in [6.07, 6.45) is 12.4. The Kier molecular flexibility index (Phi) is 2.92. The van der Waals surface area contributed by atoms with Crippen LogP contribution in [0.25, 0.3) is 17.0 Å². The summed E-state index contributed by atoms with van der Waals surface area (Å²) in [5.74, 6) is 0.993. The number of allylic oxidation sites excluding steroid dienone is 5. The van der Waals surface area contributed by atoms with Crippen LogP contribution in [-0.4, -0.2) is 0 Å². The minimum atomic E-state index is 0.00894. The van der Waals surface area contributed by atoms with Crippen LogP contribution in [0.4, 0.5) is 0 Å². The van der Waals surface area contributed by atoms with Crippen LogP contribution in [-0.2, 0) is 0 Å². The fourth-order valence-electron chi connectivity index (χ4n) is 2.20. The molecule has 2 nitrogen and oxygen atoms in total. The van der Waals surface area contributed by atoms with Crippen LogP contribution in [0.2, 0.25) is 0 Å². The molecule has 2 heteroatoms. The summed E-state index contributed by atoms with van der Waals surface area (Å²) in [6, 6.07) is 7.21. The Labute approximate surface area is 111 Å². The molecule has 0 bridgehead atoms. The smallest absolute Gasteiger partial charge is 0.192 e. The molecule has 94 valence electrons. The molecule has 0 fully saturated rings. The fraction of sp³-hybridized carbons (Fsp3) is 0.118. The molecule has 0 radical (unpaired) electrons. The van der Waals surface area contributed by atoms with E-state index in [0.29, 0.717) is 22.6 Å². The number of aryl methyl sites for hydroxylation is 1. The van der Waals surface area contributed by atoms with Crippen LogP contribution in [0.3, 0.4) is 0 Å². The monoisotopic (exact) mass is 250 g/mol. The molecule has 0 saturated carbocycles. The Morgan fingerprint density at radius 2 is 1.95 bits per heavy atom. The summed E-state index contributed by atoms with van der Waals surface area (Å²) in [5.41, 5.74) is 1.66. The molecule has 0 saturated heterocycles. The van der Waals surface area contributed by atoms with Crippen LogP contribution in [0, 0.1) is 12.8 Å². The fourth-order valence-corrected chi connectivity index (χ4v) is 2.20. The third-order valence-electron chi connectivity index (χ3n) is 3.16. The first-order chi connectivity index (χ1) is 9.22. The Morgan fingerprint density at radius 1 is 1.16 bits per heavy atom. The minimum absolute atomic E-state index is 0.00894. The van der Waals surface area contributed by atoms with E-state index in [-0.39, 0.29) is 5.43 Å². The average molecular weight is 250 g/mol. The maximum atomic E-state index is 11.9. The van der Waals surface area contributed by atoms with Crippen molar-refractivity contribution in [1.82, 2.24) is 0 Å². The van der Waals surface area contributed by atoms with Crippen molar-refractivity contribution >= 4 is 17.0 Å². The van der Waals surface area contributed by atoms with Crippen molar-refractivity contribution in [1.29, 1.82) is 0 Å². The second-order valence-corrected chi connectivity index (χ2v) is 4.68. The first kappa shape index (κ1) is 11.7. The number of hydrogen-bond acceptors (Lipinski definition) is 2. The van der Waals surface area contributed by atoms with Crippen molar-refractivity contribution < 1.29 is 4.42 Å². The molecule has 2 aromatic rings. The molecule has 1 heterocycles. The number of fused-ring (bicyclic) bond motifs is 1. The van der Waals surface area contributed by atoms with Gasteiger partial charge in [-0.2, -0.15) is 0 Å². The number of hydrogen-bond donors (Lipinski definition) is 0. The summed E-state index contributed by atoms with van der Waals surface area (Å²) >= 11 is 0. The zero-order valence-corrected chi connectivity index (χ0v) is 10.7. The van der Waals surface area contributed by atoms with Gasteiger partial charge in [0.05, 0.1) is 5.39 Å². The van der Waals surface area contributed by atoms with Crippen LogP contribution in [0.5, 0.6) is 0 Å². The van der Waals surface area contributed by atoms with E-state index >= 15 is 0 Å². The van der Waals surface area contributed by atoms with Crippen molar-refractivity contribution in [3.63, 3.8) is 0 Å². The highest BCUT2D eigenvalue weighted by molar-refractivity contribution is 5.79. The molecule has 1 aliphatic rings. The van der Waals surface area contributed by atoms with Gasteiger partial charge in [-0.25, -0.2) is 0 Å². The van der Waals surface area contributed by atoms with Crippen molar-refractivity contribution in [2.24, 2.45) is 5.92 Å². The molecule has 0 unspecified atom stereocenters. The highest BCUT2D eigenvalue weighted by Gasteiger charge is 2.03. The standard InChI is InChI=1S/C17H14O2/c1-12-10-16(18)15-11-14(8-9-17(15)19-12)7-6-13-4-2-3-5-13/h2-11,13H,1H3/b7-6+. The van der Waals surface area contributed by atoms with Crippen LogP contribution in [0.15, 0.2) is 63.9 Å². The van der Waals surface area contributed by atoms with E-state index in [1.807, 2.05) is 36.4 Å². The molecule has 0 spiro atoms. The second-order valence-electron chi connectivity index (χ2n) is 4.68. The predicted octanol–water partition coefficient (Wildman–Crippen LogP) is 3.86. The van der Waals surface area contributed by atoms with E-state index in [0.717, 1.165) is 5.56 Å². The summed E-state index contributed by atoms with van der Waals surface area (Å²) in [5, 5.41) is 0.630. The maximum absolute atomic E-state index is 11.9. The van der Waals surface area contributed by atoms with E-state index < -0.39 is 0 Å². The normalized spacial score (nSPS) is 15.0. The van der Waals surface area contributed by atoms with Gasteiger partial charge >= 0.3 is 0 Å². The molecular weight excluding hydrogens is 236 g/mol. The molecule has 1 aliphatic carbocycles. The van der Waals surface area contributed by atoms with Crippen molar-refractivity contribution in [3.8, 4) is 0 Å². The molecule has 0 N–H and O–H groups in total. The van der Waals surface area contributed by atoms with Gasteiger partial charge in [-0.3, -0.25) is 4.79 Å². The van der Waals surface area contributed by atoms with E-state index in [1.54, 1.807) is 6.92 Å². The Bertz CT molecular complexity index is 748. The Balaban J connectivity index is 1.99. The first-order valence-electron chi connectivity index (χ1n) is 6.30. The lowest BCUT2D eigenvalue weighted by molar-refractivity contribution is 0.565. The predicted molar refractivity (Wildman–Crippen MR) is 78.0 cm³/mol. The van der Waals surface area contributed by atoms with E-state index in [1.165, 1.54) is 6.07 Å². The van der Waals surface area contributed by atoms with Crippen LogP contribution >= 0.6 is 0 Å². The van der Waals surface area contributed by atoms with E-state index in [9.17, 15) is 4.79 Å². The molecule has 1 aromatic heterocycles. The third kappa shape index (κ3) is 2.43. The summed E-state index contributed by atoms with van der Waals surface area (Å²) in [6.45, 7) is 1.79. The van der Waals surface area contributed by atoms with Crippen LogP contribution in [0.1, 0.15) is 11.3 Å². The van der Waals surface area contributed by atoms with E-state index in [2.05, 4.69) is 18.2 Å². The molecule has 1 aromatic carbocycles. The van der Waals surface area contributed by atoms with Crippen molar-refractivity contribution in [2.75, 3.05) is 0 Å². The lowest BCUT2D eigenvalue weighted by Gasteiger charge is -2.01. The van der Waals surface area contributed by atoms with Gasteiger partial charge in [0.25, 0.3) is 0 Å². The quantitative estimate of drug-likeness (QED) is 0.810. The third-order valence-corrected chi connectivity index (χ3v) is 3.16. The summed E-state index contributed by atoms with van der Waals surface area (Å²) in [4.78, 5) is 11.9. The van der Waals surface area contributed by atoms with Gasteiger partial charge in [0.2, 0.25) is 0 Å². The average Bonchev–Trinajstić information content (AvgIpc) is 2.89. The van der Waals surface area contributed by atoms with Gasteiger partial charge < -0.3 is 4.42 Å². The molecule has 3 rings (SSSR count). The summed E-state index contributed by atoms with van der Waals surface area (Å²) in [7, 11) is 0. The molecule has 0 atom stereocenters. The van der Waals surface area contributed by atoms with Crippen molar-refractivity contribution in [3.05, 3.63) is 76.2 Å². The molecule has 0 aliphatic heterocycles. The van der Waals surface area contributed by atoms with Gasteiger partial charge in [0.1, 0.15) is 11.3 Å². The molecular formula is C17H14O2. The minimum Gasteiger partial charge on any atom is -0.461 e. The lowest BCUT2D eigenvalue weighted by Crippen LogP contribution is -2.00. The van der Waals surface area contributed by atoms with Gasteiger partial charge in [-0.05, 0) is 24.6 Å². The zero-order chi connectivity index (χ0) is 13.2. The van der Waals surface area contributed by atoms with Gasteiger partial charge in [0, 0.05) is 12.0 Å². The van der Waals surface area contributed by atoms with Crippen molar-refractivity contribution in [2.45, 2.75) is 6.92 Å². The number of rotatable bonds is 2. The molecule has 19 heavy (non-hydrogen) atoms. The SMILES string of the molecule is Cc1cc(=O)c2cc(/C=C/C3C=CC=C3)ccc2o1. The van der Waals surface area contributed by atoms with Crippen LogP contribution < -0.4 is 5.43 Å². The first-order valence-corrected chi connectivity index (χ1v) is 6.30. The van der Waals surface area contributed by atoms with Gasteiger partial charge in [0.15, 0.2) is 5.43 Å². The number of benzene rings is 1. The zero-order valence-electron chi connectivity index (χ0n) is 10.7. The lowest BCUT2D eigenvalue weighted by atomic mass is 10.1. The maximum Gasteiger partial charge on any atom is 0.192 e. The topological polar surface area (TPSA) is 30.2 Å². The Morgan fingerprint density at radius 3 is 2.74 bits per heavy atom. The Hall–Kier alpha value is -2.35. The van der Waals surface area contributed by atoms with E-state index in [4.69, 9.17) is 4.42 Å². The largest absolute Gasteiger partial charge is 0.461 e. The summed E-state index contributed by atoms with van der Waals surface area (Å²) < 4.78 is 5.53. The van der Waals surface area contributed by atoms with Gasteiger partial charge in [-0.15, -0.1) is 0 Å². The van der Waals surface area contributed by atoms with Gasteiger partial charge in [-0.1, -0.05) is 42.5 Å². The highest BCUT2D eigenvalue weighted by atomic mass is 16.3.